The van der Waals surface area contributed by atoms with Crippen molar-refractivity contribution in [1.82, 2.24) is 4.98 Å². The summed E-state index contributed by atoms with van der Waals surface area (Å²) in [7, 11) is 0. The monoisotopic (exact) mass is 540 g/mol. The van der Waals surface area contributed by atoms with Gasteiger partial charge in [0.25, 0.3) is 0 Å². The maximum absolute atomic E-state index is 13.2. The van der Waals surface area contributed by atoms with Crippen LogP contribution in [0.3, 0.4) is 0 Å². The van der Waals surface area contributed by atoms with E-state index in [2.05, 4.69) is 19.2 Å². The van der Waals surface area contributed by atoms with Gasteiger partial charge in [0.1, 0.15) is 5.75 Å². The molecule has 5 nitrogen and oxygen atoms in total. The molecule has 0 saturated heterocycles. The molecular weight excluding hydrogens is 508 g/mol. The van der Waals surface area contributed by atoms with E-state index in [0.717, 1.165) is 46.1 Å². The highest BCUT2D eigenvalue weighted by Gasteiger charge is 2.13. The molecule has 41 heavy (non-hydrogen) atoms. The predicted octanol–water partition coefficient (Wildman–Crippen LogP) is 8.23. The number of aromatic nitrogens is 1. The van der Waals surface area contributed by atoms with E-state index in [0.29, 0.717) is 22.8 Å². The maximum Gasteiger partial charge on any atom is 0.228 e. The lowest BCUT2D eigenvalue weighted by Crippen LogP contribution is -2.17. The first kappa shape index (κ1) is 27.5. The number of rotatable bonds is 10. The first-order valence-electron chi connectivity index (χ1n) is 13.9. The molecule has 204 valence electrons. The highest BCUT2D eigenvalue weighted by Crippen LogP contribution is 2.28. The van der Waals surface area contributed by atoms with E-state index < -0.39 is 0 Å². The van der Waals surface area contributed by atoms with Gasteiger partial charge in [-0.05, 0) is 72.0 Å². The van der Waals surface area contributed by atoms with E-state index in [1.807, 2.05) is 91.0 Å². The normalized spacial score (nSPS) is 11.1. The van der Waals surface area contributed by atoms with Gasteiger partial charge in [0.15, 0.2) is 5.78 Å². The second-order valence-electron chi connectivity index (χ2n) is 9.77. The van der Waals surface area contributed by atoms with E-state index >= 15 is 0 Å². The number of hydrogen-bond acceptors (Lipinski definition) is 4. The van der Waals surface area contributed by atoms with Crippen LogP contribution in [-0.2, 0) is 24.1 Å². The van der Waals surface area contributed by atoms with E-state index in [4.69, 9.17) is 9.72 Å². The van der Waals surface area contributed by atoms with Crippen LogP contribution in [0.2, 0.25) is 0 Å². The fourth-order valence-corrected chi connectivity index (χ4v) is 4.78. The molecule has 0 spiro atoms. The summed E-state index contributed by atoms with van der Waals surface area (Å²) < 4.78 is 6.08. The Morgan fingerprint density at radius 2 is 1.51 bits per heavy atom. The summed E-state index contributed by atoms with van der Waals surface area (Å²) in [5.41, 5.74) is 5.91. The van der Waals surface area contributed by atoms with Crippen molar-refractivity contribution in [2.75, 3.05) is 5.32 Å². The molecule has 1 N–H and O–H groups in total. The molecule has 0 aliphatic heterocycles. The van der Waals surface area contributed by atoms with E-state index in [1.54, 1.807) is 18.2 Å². The molecular formula is C36H32N2O3. The number of nitrogens with one attached hydrogen (secondary N) is 1. The molecule has 5 rings (SSSR count). The van der Waals surface area contributed by atoms with Crippen LogP contribution < -0.4 is 10.1 Å². The van der Waals surface area contributed by atoms with Crippen molar-refractivity contribution in [3.8, 4) is 11.6 Å². The molecule has 0 aliphatic rings. The number of ketones is 1. The van der Waals surface area contributed by atoms with Crippen LogP contribution in [0.1, 0.15) is 46.5 Å². The van der Waals surface area contributed by atoms with Gasteiger partial charge in [0.05, 0.1) is 11.9 Å². The number of para-hydroxylation sites is 3. The number of fused-ring (bicyclic) bond motifs is 1. The smallest absolute Gasteiger partial charge is 0.228 e. The Hall–Kier alpha value is -5.03. The molecule has 1 heterocycles. The summed E-state index contributed by atoms with van der Waals surface area (Å²) in [5, 5.41) is 4.05. The maximum atomic E-state index is 13.2. The van der Waals surface area contributed by atoms with Crippen LogP contribution in [-0.4, -0.2) is 16.7 Å². The summed E-state index contributed by atoms with van der Waals surface area (Å²) >= 11 is 0. The van der Waals surface area contributed by atoms with Crippen LogP contribution in [0.5, 0.6) is 11.6 Å². The van der Waals surface area contributed by atoms with Crippen LogP contribution in [0.4, 0.5) is 5.69 Å². The van der Waals surface area contributed by atoms with Crippen molar-refractivity contribution >= 4 is 34.4 Å². The van der Waals surface area contributed by atoms with Crippen LogP contribution in [0, 0.1) is 0 Å². The van der Waals surface area contributed by atoms with Crippen molar-refractivity contribution in [3.63, 3.8) is 0 Å². The van der Waals surface area contributed by atoms with Crippen molar-refractivity contribution < 1.29 is 14.3 Å². The minimum Gasteiger partial charge on any atom is -0.438 e. The predicted molar refractivity (Wildman–Crippen MR) is 166 cm³/mol. The first-order chi connectivity index (χ1) is 20.0. The second-order valence-corrected chi connectivity index (χ2v) is 9.77. The lowest BCUT2D eigenvalue weighted by Gasteiger charge is -2.14. The van der Waals surface area contributed by atoms with Crippen LogP contribution >= 0.6 is 0 Å². The van der Waals surface area contributed by atoms with Gasteiger partial charge in [0.2, 0.25) is 11.8 Å². The molecule has 5 aromatic rings. The second kappa shape index (κ2) is 12.9. The number of pyridine rings is 1. The van der Waals surface area contributed by atoms with E-state index in [-0.39, 0.29) is 18.1 Å². The summed E-state index contributed by atoms with van der Waals surface area (Å²) in [4.78, 5) is 30.9. The number of carbonyl (C=O) groups excluding carboxylic acids is 2. The number of ether oxygens (including phenoxy) is 1. The van der Waals surface area contributed by atoms with Gasteiger partial charge in [-0.25, -0.2) is 4.98 Å². The van der Waals surface area contributed by atoms with Gasteiger partial charge < -0.3 is 10.1 Å². The van der Waals surface area contributed by atoms with Crippen molar-refractivity contribution in [3.05, 3.63) is 137 Å². The average molecular weight is 541 g/mol. The first-order valence-corrected chi connectivity index (χ1v) is 13.9. The number of nitrogens with zero attached hydrogens (tertiary/aromatic N) is 1. The third kappa shape index (κ3) is 6.76. The van der Waals surface area contributed by atoms with Gasteiger partial charge in [-0.3, -0.25) is 9.59 Å². The minimum atomic E-state index is -0.171. The van der Waals surface area contributed by atoms with E-state index in [9.17, 15) is 9.59 Å². The van der Waals surface area contributed by atoms with Gasteiger partial charge in [0, 0.05) is 22.2 Å². The molecule has 0 radical (unpaired) electrons. The van der Waals surface area contributed by atoms with Crippen molar-refractivity contribution in [1.29, 1.82) is 0 Å². The Morgan fingerprint density at radius 1 is 0.805 bits per heavy atom. The number of carbonyl (C=O) groups is 2. The van der Waals surface area contributed by atoms with Gasteiger partial charge in [-0.1, -0.05) is 86.6 Å². The number of hydrogen-bond donors (Lipinski definition) is 1. The van der Waals surface area contributed by atoms with Crippen molar-refractivity contribution in [2.45, 2.75) is 33.1 Å². The molecule has 0 fully saturated rings. The lowest BCUT2D eigenvalue weighted by atomic mass is 10.0. The third-order valence-electron chi connectivity index (χ3n) is 6.93. The largest absolute Gasteiger partial charge is 0.438 e. The fourth-order valence-electron chi connectivity index (χ4n) is 4.78. The molecule has 0 bridgehead atoms. The Morgan fingerprint density at radius 3 is 2.27 bits per heavy atom. The number of amides is 1. The molecule has 4 aromatic carbocycles. The zero-order chi connectivity index (χ0) is 28.6. The summed E-state index contributed by atoms with van der Waals surface area (Å²) in [6.45, 7) is 4.16. The van der Waals surface area contributed by atoms with Crippen LogP contribution in [0.25, 0.3) is 17.0 Å². The minimum absolute atomic E-state index is 0.106. The van der Waals surface area contributed by atoms with Gasteiger partial charge >= 0.3 is 0 Å². The number of benzene rings is 4. The standard InChI is InChI=1S/C36H32N2O3/c1-3-26-14-11-15-27(4-2)35(26)38-34(40)23-25-12-10-16-29(22-25)33(39)21-20-30-24-28-13-8-9-19-32(28)37-36(30)41-31-17-6-5-7-18-31/h5-22,24H,3-4,23H2,1-2H3,(H,38,40). The lowest BCUT2D eigenvalue weighted by molar-refractivity contribution is -0.115. The SMILES string of the molecule is CCc1cccc(CC)c1NC(=O)Cc1cccc(C(=O)C=Cc2cc3ccccc3nc2Oc2ccccc2)c1. The Labute approximate surface area is 240 Å². The molecule has 0 atom stereocenters. The fraction of sp³-hybridized carbons (Fsp3) is 0.139. The Balaban J connectivity index is 1.34. The molecule has 0 unspecified atom stereocenters. The van der Waals surface area contributed by atoms with Crippen molar-refractivity contribution in [2.24, 2.45) is 0 Å². The highest BCUT2D eigenvalue weighted by molar-refractivity contribution is 6.07. The Bertz CT molecular complexity index is 1700. The molecule has 1 amide bonds. The highest BCUT2D eigenvalue weighted by atomic mass is 16.5. The topological polar surface area (TPSA) is 68.3 Å². The molecule has 5 heteroatoms. The zero-order valence-electron chi connectivity index (χ0n) is 23.3. The molecule has 0 saturated carbocycles. The number of anilines is 1. The number of allylic oxidation sites excluding steroid dienone is 1. The summed E-state index contributed by atoms with van der Waals surface area (Å²) in [6.07, 6.45) is 5.10. The average Bonchev–Trinajstić information content (AvgIpc) is 3.00. The van der Waals surface area contributed by atoms with Gasteiger partial charge in [-0.2, -0.15) is 0 Å². The van der Waals surface area contributed by atoms with Crippen LogP contribution in [0.15, 0.2) is 109 Å². The number of aryl methyl sites for hydroxylation is 2. The quantitative estimate of drug-likeness (QED) is 0.143. The Kier molecular flexibility index (Phi) is 8.65. The van der Waals surface area contributed by atoms with Gasteiger partial charge in [-0.15, -0.1) is 0 Å². The third-order valence-corrected chi connectivity index (χ3v) is 6.93. The summed E-state index contributed by atoms with van der Waals surface area (Å²) in [5.74, 6) is 0.805. The zero-order valence-corrected chi connectivity index (χ0v) is 23.3. The molecule has 1 aromatic heterocycles. The summed E-state index contributed by atoms with van der Waals surface area (Å²) in [6, 6.07) is 32.5. The van der Waals surface area contributed by atoms with E-state index in [1.165, 1.54) is 6.08 Å². The molecule has 0 aliphatic carbocycles.